The Kier molecular flexibility index (Phi) is 7.03. The Labute approximate surface area is 199 Å². The number of hydrogen-bond donors (Lipinski definition) is 2. The van der Waals surface area contributed by atoms with Crippen molar-refractivity contribution in [1.29, 1.82) is 0 Å². The monoisotopic (exact) mass is 458 g/mol. The summed E-state index contributed by atoms with van der Waals surface area (Å²) < 4.78 is 1.80. The normalized spacial score (nSPS) is 11.1. The second-order valence-corrected chi connectivity index (χ2v) is 8.55. The van der Waals surface area contributed by atoms with E-state index in [0.717, 1.165) is 46.7 Å². The summed E-state index contributed by atoms with van der Waals surface area (Å²) in [4.78, 5) is 25.8. The SMILES string of the molecule is CN(C)CCNc1ccc(CNC(=O)c2cncc3c2cnn3-c2ccc(N(C)C)cc2)cn1. The Hall–Kier alpha value is -3.98. The third kappa shape index (κ3) is 5.32. The lowest BCUT2D eigenvalue weighted by Gasteiger charge is -2.13. The zero-order chi connectivity index (χ0) is 24.1. The number of anilines is 2. The molecule has 0 radical (unpaired) electrons. The minimum Gasteiger partial charge on any atom is -0.378 e. The van der Waals surface area contributed by atoms with E-state index >= 15 is 0 Å². The van der Waals surface area contributed by atoms with Crippen LogP contribution in [0, 0.1) is 0 Å². The maximum absolute atomic E-state index is 12.9. The van der Waals surface area contributed by atoms with Gasteiger partial charge in [0.05, 0.1) is 29.2 Å². The number of pyridine rings is 2. The van der Waals surface area contributed by atoms with Crippen molar-refractivity contribution in [1.82, 2.24) is 30.0 Å². The molecule has 0 saturated heterocycles. The van der Waals surface area contributed by atoms with Crippen LogP contribution in [0.25, 0.3) is 16.6 Å². The first kappa shape index (κ1) is 23.2. The fourth-order valence-corrected chi connectivity index (χ4v) is 3.54. The number of nitrogens with zero attached hydrogens (tertiary/aromatic N) is 6. The summed E-state index contributed by atoms with van der Waals surface area (Å²) in [7, 11) is 8.07. The molecule has 0 fully saturated rings. The van der Waals surface area contributed by atoms with E-state index in [4.69, 9.17) is 0 Å². The van der Waals surface area contributed by atoms with Gasteiger partial charge in [0.15, 0.2) is 0 Å². The van der Waals surface area contributed by atoms with Gasteiger partial charge in [-0.2, -0.15) is 5.10 Å². The molecule has 34 heavy (non-hydrogen) atoms. The summed E-state index contributed by atoms with van der Waals surface area (Å²) in [5.74, 6) is 0.616. The summed E-state index contributed by atoms with van der Waals surface area (Å²) in [6.45, 7) is 2.12. The highest BCUT2D eigenvalue weighted by molar-refractivity contribution is 6.05. The lowest BCUT2D eigenvalue weighted by molar-refractivity contribution is 0.0952. The standard InChI is InChI=1S/C25H30N8O/c1-31(2)12-11-27-24-10-5-18(13-28-24)14-29-25(34)22-15-26-17-23-21(22)16-30-33(23)20-8-6-19(7-9-20)32(3)4/h5-10,13,15-17H,11-12,14H2,1-4H3,(H,27,28)(H,29,34). The highest BCUT2D eigenvalue weighted by Gasteiger charge is 2.15. The Morgan fingerprint density at radius 3 is 2.44 bits per heavy atom. The molecule has 1 aromatic carbocycles. The van der Waals surface area contributed by atoms with E-state index in [1.165, 1.54) is 0 Å². The molecule has 0 bridgehead atoms. The van der Waals surface area contributed by atoms with Crippen molar-refractivity contribution < 1.29 is 4.79 Å². The third-order valence-electron chi connectivity index (χ3n) is 5.50. The molecule has 0 unspecified atom stereocenters. The summed E-state index contributed by atoms with van der Waals surface area (Å²) in [6.07, 6.45) is 6.79. The van der Waals surface area contributed by atoms with Crippen molar-refractivity contribution in [2.24, 2.45) is 0 Å². The molecule has 3 heterocycles. The van der Waals surface area contributed by atoms with Crippen molar-refractivity contribution in [3.05, 3.63) is 72.3 Å². The van der Waals surface area contributed by atoms with Crippen LogP contribution in [0.2, 0.25) is 0 Å². The summed E-state index contributed by atoms with van der Waals surface area (Å²) in [5.41, 5.74) is 4.20. The highest BCUT2D eigenvalue weighted by atomic mass is 16.1. The number of carbonyl (C=O) groups excluding carboxylic acids is 1. The van der Waals surface area contributed by atoms with Crippen molar-refractivity contribution in [3.8, 4) is 5.69 Å². The first-order chi connectivity index (χ1) is 16.4. The molecule has 0 aliphatic heterocycles. The molecule has 4 rings (SSSR count). The van der Waals surface area contributed by atoms with Gasteiger partial charge in [0.2, 0.25) is 0 Å². The van der Waals surface area contributed by atoms with Crippen LogP contribution >= 0.6 is 0 Å². The van der Waals surface area contributed by atoms with E-state index in [9.17, 15) is 4.79 Å². The molecule has 1 amide bonds. The van der Waals surface area contributed by atoms with Crippen LogP contribution < -0.4 is 15.5 Å². The van der Waals surface area contributed by atoms with E-state index in [0.29, 0.717) is 12.1 Å². The van der Waals surface area contributed by atoms with Gasteiger partial charge in [-0.25, -0.2) is 9.67 Å². The maximum Gasteiger partial charge on any atom is 0.253 e. The Morgan fingerprint density at radius 2 is 1.76 bits per heavy atom. The molecule has 0 saturated carbocycles. The molecule has 0 aliphatic carbocycles. The van der Waals surface area contributed by atoms with Crippen molar-refractivity contribution in [2.45, 2.75) is 6.54 Å². The summed E-state index contributed by atoms with van der Waals surface area (Å²) in [6, 6.07) is 11.9. The minimum atomic E-state index is -0.200. The molecule has 9 heteroatoms. The number of likely N-dealkylation sites (N-methyl/N-ethyl adjacent to an activating group) is 1. The smallest absolute Gasteiger partial charge is 0.253 e. The van der Waals surface area contributed by atoms with Crippen LogP contribution in [0.5, 0.6) is 0 Å². The van der Waals surface area contributed by atoms with Crippen LogP contribution in [-0.4, -0.2) is 71.8 Å². The number of nitrogens with one attached hydrogen (secondary N) is 2. The van der Waals surface area contributed by atoms with Crippen molar-refractivity contribution in [2.75, 3.05) is 51.5 Å². The average Bonchev–Trinajstić information content (AvgIpc) is 3.27. The number of benzene rings is 1. The van der Waals surface area contributed by atoms with Gasteiger partial charge in [-0.1, -0.05) is 6.07 Å². The zero-order valence-corrected chi connectivity index (χ0v) is 20.0. The molecule has 9 nitrogen and oxygen atoms in total. The van der Waals surface area contributed by atoms with E-state index < -0.39 is 0 Å². The number of hydrogen-bond acceptors (Lipinski definition) is 7. The second kappa shape index (κ2) is 10.3. The number of aromatic nitrogens is 4. The van der Waals surface area contributed by atoms with Gasteiger partial charge in [0.1, 0.15) is 5.82 Å². The topological polar surface area (TPSA) is 91.2 Å². The number of rotatable bonds is 9. The predicted octanol–water partition coefficient (Wildman–Crippen LogP) is 2.79. The average molecular weight is 459 g/mol. The van der Waals surface area contributed by atoms with Crippen LogP contribution in [0.4, 0.5) is 11.5 Å². The van der Waals surface area contributed by atoms with Crippen LogP contribution in [0.15, 0.2) is 61.2 Å². The molecule has 4 aromatic rings. The van der Waals surface area contributed by atoms with E-state index in [-0.39, 0.29) is 5.91 Å². The fourth-order valence-electron chi connectivity index (χ4n) is 3.54. The number of amides is 1. The van der Waals surface area contributed by atoms with Gasteiger partial charge in [0.25, 0.3) is 5.91 Å². The third-order valence-corrected chi connectivity index (χ3v) is 5.50. The number of fused-ring (bicyclic) bond motifs is 1. The quantitative estimate of drug-likeness (QED) is 0.399. The van der Waals surface area contributed by atoms with Crippen LogP contribution in [-0.2, 0) is 6.54 Å². The van der Waals surface area contributed by atoms with Gasteiger partial charge in [-0.05, 0) is 50.0 Å². The van der Waals surface area contributed by atoms with Crippen LogP contribution in [0.1, 0.15) is 15.9 Å². The predicted molar refractivity (Wildman–Crippen MR) is 136 cm³/mol. The fraction of sp³-hybridized carbons (Fsp3) is 0.280. The molecule has 3 aromatic heterocycles. The molecule has 176 valence electrons. The first-order valence-corrected chi connectivity index (χ1v) is 11.1. The lowest BCUT2D eigenvalue weighted by Crippen LogP contribution is -2.23. The lowest BCUT2D eigenvalue weighted by atomic mass is 10.1. The Morgan fingerprint density at radius 1 is 0.971 bits per heavy atom. The van der Waals surface area contributed by atoms with Crippen molar-refractivity contribution in [3.63, 3.8) is 0 Å². The Balaban J connectivity index is 1.44. The highest BCUT2D eigenvalue weighted by Crippen LogP contribution is 2.22. The van der Waals surface area contributed by atoms with E-state index in [2.05, 4.69) is 30.6 Å². The largest absolute Gasteiger partial charge is 0.378 e. The van der Waals surface area contributed by atoms with Crippen molar-refractivity contribution >= 4 is 28.3 Å². The van der Waals surface area contributed by atoms with Gasteiger partial charge < -0.3 is 20.4 Å². The molecular formula is C25H30N8O. The molecule has 2 N–H and O–H groups in total. The summed E-state index contributed by atoms with van der Waals surface area (Å²) in [5, 5.41) is 11.5. The maximum atomic E-state index is 12.9. The zero-order valence-electron chi connectivity index (χ0n) is 20.0. The summed E-state index contributed by atoms with van der Waals surface area (Å²) >= 11 is 0. The van der Waals surface area contributed by atoms with Gasteiger partial charge in [-0.3, -0.25) is 9.78 Å². The number of carbonyl (C=O) groups is 1. The molecule has 0 spiro atoms. The molecular weight excluding hydrogens is 428 g/mol. The van der Waals surface area contributed by atoms with E-state index in [1.807, 2.05) is 69.5 Å². The van der Waals surface area contributed by atoms with Gasteiger partial charge in [-0.15, -0.1) is 0 Å². The van der Waals surface area contributed by atoms with Gasteiger partial charge >= 0.3 is 0 Å². The first-order valence-electron chi connectivity index (χ1n) is 11.1. The van der Waals surface area contributed by atoms with E-state index in [1.54, 1.807) is 29.5 Å². The van der Waals surface area contributed by atoms with Crippen LogP contribution in [0.3, 0.4) is 0 Å². The second-order valence-electron chi connectivity index (χ2n) is 8.55. The minimum absolute atomic E-state index is 0.200. The molecule has 0 aliphatic rings. The molecule has 0 atom stereocenters. The van der Waals surface area contributed by atoms with Gasteiger partial charge in [0, 0.05) is 57.2 Å². The Bertz CT molecular complexity index is 1250.